The lowest BCUT2D eigenvalue weighted by molar-refractivity contribution is 0.672. The Kier molecular flexibility index (Phi) is 10.2. The first-order chi connectivity index (χ1) is 5.34. The molecule has 1 heterocycles. The summed E-state index contributed by atoms with van der Waals surface area (Å²) in [5, 5.41) is 3.17. The Balaban J connectivity index is 0. The Morgan fingerprint density at radius 1 is 1.46 bits per heavy atom. The monoisotopic (exact) mass is 228 g/mol. The predicted molar refractivity (Wildman–Crippen MR) is 61.1 cm³/mol. The summed E-state index contributed by atoms with van der Waals surface area (Å²) < 4.78 is 0. The maximum Gasteiger partial charge on any atom is 0.113 e. The first-order valence-electron chi connectivity index (χ1n) is 4.08. The van der Waals surface area contributed by atoms with Gasteiger partial charge in [0.2, 0.25) is 0 Å². The first-order valence-corrected chi connectivity index (χ1v) is 4.08. The van der Waals surface area contributed by atoms with Crippen LogP contribution in [0.4, 0.5) is 0 Å². The molecule has 1 atom stereocenters. The Bertz CT molecular complexity index is 151. The Morgan fingerprint density at radius 2 is 2.15 bits per heavy atom. The van der Waals surface area contributed by atoms with Gasteiger partial charge in [0.15, 0.2) is 0 Å². The van der Waals surface area contributed by atoms with Crippen molar-refractivity contribution in [2.75, 3.05) is 19.6 Å². The van der Waals surface area contributed by atoms with Crippen LogP contribution in [-0.2, 0) is 0 Å². The normalized spacial score (nSPS) is 17.2. The van der Waals surface area contributed by atoms with E-state index in [0.717, 1.165) is 31.8 Å². The minimum atomic E-state index is 0. The van der Waals surface area contributed by atoms with E-state index in [-0.39, 0.29) is 30.9 Å². The molecule has 0 saturated carbocycles. The molecule has 0 radical (unpaired) electrons. The van der Waals surface area contributed by atoms with Crippen LogP contribution in [0.15, 0.2) is 4.99 Å². The number of amidine groups is 1. The molecule has 0 aromatic rings. The number of nitrogens with two attached hydrogens (primary N) is 2. The fourth-order valence-electron chi connectivity index (χ4n) is 1.12. The van der Waals surface area contributed by atoms with Gasteiger partial charge in [0, 0.05) is 13.1 Å². The molecule has 0 fully saturated rings. The highest BCUT2D eigenvalue weighted by Gasteiger charge is 2.11. The molecule has 13 heavy (non-hydrogen) atoms. The highest BCUT2D eigenvalue weighted by atomic mass is 35.5. The zero-order valence-electron chi connectivity index (χ0n) is 7.53. The molecule has 1 rings (SSSR count). The van der Waals surface area contributed by atoms with Crippen LogP contribution in [0.2, 0.25) is 0 Å². The van der Waals surface area contributed by atoms with E-state index in [1.54, 1.807) is 0 Å². The number of nitrogens with zero attached hydrogens (tertiary/aromatic N) is 1. The second-order valence-corrected chi connectivity index (χ2v) is 2.73. The van der Waals surface area contributed by atoms with Crippen molar-refractivity contribution in [3.05, 3.63) is 0 Å². The lowest BCUT2D eigenvalue weighted by Gasteiger charge is -2.19. The summed E-state index contributed by atoms with van der Waals surface area (Å²) in [5.41, 5.74) is 11.2. The predicted octanol–water partition coefficient (Wildman–Crippen LogP) is -0.102. The number of nitrogens with one attached hydrogen (secondary N) is 1. The molecular formula is C7H18Cl2N4. The summed E-state index contributed by atoms with van der Waals surface area (Å²) in [4.78, 5) is 4.27. The number of rotatable bonds is 3. The second kappa shape index (κ2) is 8.56. The van der Waals surface area contributed by atoms with Gasteiger partial charge in [-0.25, -0.2) is 0 Å². The van der Waals surface area contributed by atoms with Crippen molar-refractivity contribution in [3.63, 3.8) is 0 Å². The van der Waals surface area contributed by atoms with Gasteiger partial charge < -0.3 is 16.8 Å². The molecule has 0 spiro atoms. The van der Waals surface area contributed by atoms with Crippen molar-refractivity contribution < 1.29 is 0 Å². The van der Waals surface area contributed by atoms with E-state index in [1.165, 1.54) is 0 Å². The standard InChI is InChI=1S/C7H16N4.2ClH/c8-3-2-6(9)7-10-4-1-5-11-7;;/h6H,1-5,8-9H2,(H,10,11);2*1H. The van der Waals surface area contributed by atoms with Gasteiger partial charge in [-0.15, -0.1) is 24.8 Å². The third-order valence-electron chi connectivity index (χ3n) is 1.75. The average molecular weight is 229 g/mol. The highest BCUT2D eigenvalue weighted by molar-refractivity contribution is 5.87. The number of hydrogen-bond donors (Lipinski definition) is 3. The summed E-state index contributed by atoms with van der Waals surface area (Å²) in [7, 11) is 0. The average Bonchev–Trinajstić information content (AvgIpc) is 2.07. The summed E-state index contributed by atoms with van der Waals surface area (Å²) in [6, 6.07) is 0.0142. The van der Waals surface area contributed by atoms with Gasteiger partial charge in [-0.1, -0.05) is 0 Å². The van der Waals surface area contributed by atoms with Gasteiger partial charge in [-0.3, -0.25) is 4.99 Å². The fourth-order valence-corrected chi connectivity index (χ4v) is 1.12. The van der Waals surface area contributed by atoms with Crippen molar-refractivity contribution in [1.29, 1.82) is 0 Å². The quantitative estimate of drug-likeness (QED) is 0.632. The molecule has 0 aromatic heterocycles. The van der Waals surface area contributed by atoms with E-state index in [4.69, 9.17) is 11.5 Å². The van der Waals surface area contributed by atoms with Gasteiger partial charge in [0.05, 0.1) is 6.04 Å². The molecule has 0 aromatic carbocycles. The van der Waals surface area contributed by atoms with Crippen molar-refractivity contribution in [3.8, 4) is 0 Å². The van der Waals surface area contributed by atoms with Gasteiger partial charge in [0.1, 0.15) is 5.84 Å². The first kappa shape index (κ1) is 15.4. The summed E-state index contributed by atoms with van der Waals surface area (Å²) in [6.45, 7) is 2.53. The van der Waals surface area contributed by atoms with Gasteiger partial charge in [-0.05, 0) is 19.4 Å². The van der Waals surface area contributed by atoms with Crippen LogP contribution >= 0.6 is 24.8 Å². The summed E-state index contributed by atoms with van der Waals surface area (Å²) >= 11 is 0. The van der Waals surface area contributed by atoms with E-state index < -0.39 is 0 Å². The fraction of sp³-hybridized carbons (Fsp3) is 0.857. The van der Waals surface area contributed by atoms with Crippen molar-refractivity contribution >= 4 is 30.6 Å². The second-order valence-electron chi connectivity index (χ2n) is 2.73. The van der Waals surface area contributed by atoms with Crippen LogP contribution in [0.25, 0.3) is 0 Å². The maximum absolute atomic E-state index is 5.79. The Morgan fingerprint density at radius 3 is 2.62 bits per heavy atom. The van der Waals surface area contributed by atoms with Gasteiger partial charge in [-0.2, -0.15) is 0 Å². The Hall–Kier alpha value is -0.0300. The van der Waals surface area contributed by atoms with Crippen LogP contribution in [0.1, 0.15) is 12.8 Å². The number of halogens is 2. The number of aliphatic imine (C=N–C) groups is 1. The molecule has 80 valence electrons. The molecule has 0 amide bonds. The van der Waals surface area contributed by atoms with Gasteiger partial charge >= 0.3 is 0 Å². The molecule has 1 aliphatic heterocycles. The van der Waals surface area contributed by atoms with Crippen molar-refractivity contribution in [2.45, 2.75) is 18.9 Å². The lowest BCUT2D eigenvalue weighted by Crippen LogP contribution is -2.44. The topological polar surface area (TPSA) is 76.4 Å². The van der Waals surface area contributed by atoms with E-state index in [1.807, 2.05) is 0 Å². The molecule has 1 aliphatic rings. The zero-order chi connectivity index (χ0) is 8.10. The molecule has 1 unspecified atom stereocenters. The molecule has 6 heteroatoms. The lowest BCUT2D eigenvalue weighted by atomic mass is 10.2. The van der Waals surface area contributed by atoms with Crippen molar-refractivity contribution in [2.24, 2.45) is 16.5 Å². The molecule has 0 saturated heterocycles. The summed E-state index contributed by atoms with van der Waals surface area (Å²) in [6.07, 6.45) is 1.92. The molecule has 4 nitrogen and oxygen atoms in total. The van der Waals surface area contributed by atoms with Crippen LogP contribution in [0.3, 0.4) is 0 Å². The third kappa shape index (κ3) is 5.31. The van der Waals surface area contributed by atoms with E-state index >= 15 is 0 Å². The largest absolute Gasteiger partial charge is 0.372 e. The number of hydrogen-bond acceptors (Lipinski definition) is 4. The maximum atomic E-state index is 5.79. The highest BCUT2D eigenvalue weighted by Crippen LogP contribution is 1.95. The van der Waals surface area contributed by atoms with Gasteiger partial charge in [0.25, 0.3) is 0 Å². The molecule has 0 aliphatic carbocycles. The van der Waals surface area contributed by atoms with Crippen LogP contribution in [-0.4, -0.2) is 31.5 Å². The molecule has 0 bridgehead atoms. The summed E-state index contributed by atoms with van der Waals surface area (Å²) in [5.74, 6) is 0.932. The SMILES string of the molecule is Cl.Cl.NCCC(N)C1=NCCCN1. The smallest absolute Gasteiger partial charge is 0.113 e. The zero-order valence-corrected chi connectivity index (χ0v) is 9.16. The Labute approximate surface area is 91.4 Å². The van der Waals surface area contributed by atoms with E-state index in [9.17, 15) is 0 Å². The molecular weight excluding hydrogens is 211 g/mol. The van der Waals surface area contributed by atoms with Crippen LogP contribution in [0.5, 0.6) is 0 Å². The molecule has 5 N–H and O–H groups in total. The van der Waals surface area contributed by atoms with E-state index in [0.29, 0.717) is 6.54 Å². The van der Waals surface area contributed by atoms with E-state index in [2.05, 4.69) is 10.3 Å². The van der Waals surface area contributed by atoms with Crippen molar-refractivity contribution in [1.82, 2.24) is 5.32 Å². The minimum Gasteiger partial charge on any atom is -0.372 e. The third-order valence-corrected chi connectivity index (χ3v) is 1.75. The van der Waals surface area contributed by atoms with Crippen LogP contribution < -0.4 is 16.8 Å². The minimum absolute atomic E-state index is 0. The van der Waals surface area contributed by atoms with Crippen LogP contribution in [0, 0.1) is 0 Å².